The third-order valence-corrected chi connectivity index (χ3v) is 5.19. The Morgan fingerprint density at radius 2 is 2.06 bits per heavy atom. The molecule has 166 valence electrons. The number of carbonyl (C=O) groups excluding carboxylic acids is 2. The van der Waals surface area contributed by atoms with E-state index in [4.69, 9.17) is 0 Å². The Morgan fingerprint density at radius 1 is 1.22 bits per heavy atom. The van der Waals surface area contributed by atoms with Gasteiger partial charge in [-0.15, -0.1) is 0 Å². The van der Waals surface area contributed by atoms with Crippen molar-refractivity contribution in [3.05, 3.63) is 72.4 Å². The number of aromatic nitrogens is 3. The molecule has 1 fully saturated rings. The predicted octanol–water partition coefficient (Wildman–Crippen LogP) is 2.79. The predicted molar refractivity (Wildman–Crippen MR) is 110 cm³/mol. The maximum absolute atomic E-state index is 13.0. The van der Waals surface area contributed by atoms with Gasteiger partial charge in [-0.25, -0.2) is 9.97 Å². The van der Waals surface area contributed by atoms with Crippen LogP contribution >= 0.6 is 0 Å². The summed E-state index contributed by atoms with van der Waals surface area (Å²) in [6, 6.07) is 8.78. The van der Waals surface area contributed by atoms with Gasteiger partial charge in [0.05, 0.1) is 5.56 Å². The molecule has 1 atom stereocenters. The molecule has 4 rings (SSSR count). The van der Waals surface area contributed by atoms with Gasteiger partial charge in [-0.3, -0.25) is 14.2 Å². The van der Waals surface area contributed by atoms with Crippen LogP contribution in [0.5, 0.6) is 5.75 Å². The summed E-state index contributed by atoms with van der Waals surface area (Å²) in [6.45, 7) is -2.43. The molecule has 0 aliphatic carbocycles. The van der Waals surface area contributed by atoms with Crippen molar-refractivity contribution in [2.24, 2.45) is 0 Å². The highest BCUT2D eigenvalue weighted by atomic mass is 19.3. The lowest BCUT2D eigenvalue weighted by Gasteiger charge is -2.25. The lowest BCUT2D eigenvalue weighted by atomic mass is 10.1. The van der Waals surface area contributed by atoms with Gasteiger partial charge in [0.15, 0.2) is 0 Å². The Kier molecular flexibility index (Phi) is 6.39. The molecule has 1 unspecified atom stereocenters. The molecule has 3 heterocycles. The van der Waals surface area contributed by atoms with Gasteiger partial charge >= 0.3 is 6.61 Å². The number of halogens is 2. The van der Waals surface area contributed by atoms with Gasteiger partial charge in [0.1, 0.15) is 23.9 Å². The molecule has 3 aromatic rings. The molecule has 1 aliphatic heterocycles. The Bertz CT molecular complexity index is 1070. The number of hydrogen-bond acceptors (Lipinski definition) is 5. The van der Waals surface area contributed by atoms with E-state index >= 15 is 0 Å². The van der Waals surface area contributed by atoms with Gasteiger partial charge in [-0.05, 0) is 36.6 Å². The molecule has 10 heteroatoms. The minimum atomic E-state index is -3.05. The number of pyridine rings is 1. The van der Waals surface area contributed by atoms with E-state index in [1.54, 1.807) is 35.6 Å². The van der Waals surface area contributed by atoms with Crippen molar-refractivity contribution in [1.82, 2.24) is 24.8 Å². The number of benzene rings is 1. The molecule has 8 nitrogen and oxygen atoms in total. The zero-order valence-electron chi connectivity index (χ0n) is 17.0. The van der Waals surface area contributed by atoms with Crippen LogP contribution in [-0.2, 0) is 11.3 Å². The third kappa shape index (κ3) is 4.74. The zero-order valence-corrected chi connectivity index (χ0v) is 17.0. The number of alkyl halides is 2. The van der Waals surface area contributed by atoms with Crippen LogP contribution in [0.1, 0.15) is 28.8 Å². The highest BCUT2D eigenvalue weighted by Crippen LogP contribution is 2.26. The molecule has 1 saturated heterocycles. The van der Waals surface area contributed by atoms with E-state index in [-0.39, 0.29) is 23.8 Å². The molecule has 1 N–H and O–H groups in total. The van der Waals surface area contributed by atoms with Gasteiger partial charge < -0.3 is 15.0 Å². The van der Waals surface area contributed by atoms with Crippen LogP contribution < -0.4 is 10.1 Å². The minimum Gasteiger partial charge on any atom is -0.434 e. The van der Waals surface area contributed by atoms with Crippen LogP contribution in [0.15, 0.2) is 61.3 Å². The van der Waals surface area contributed by atoms with Gasteiger partial charge in [0.25, 0.3) is 5.91 Å². The summed E-state index contributed by atoms with van der Waals surface area (Å²) in [5.74, 6) is -0.315. The largest absolute Gasteiger partial charge is 0.434 e. The topological polar surface area (TPSA) is 89.4 Å². The van der Waals surface area contributed by atoms with E-state index in [0.717, 1.165) is 5.56 Å². The number of nitrogens with zero attached hydrogens (tertiary/aromatic N) is 4. The Labute approximate surface area is 182 Å². The number of likely N-dealkylation sites (tertiary alicyclic amines) is 1. The molecule has 32 heavy (non-hydrogen) atoms. The first-order valence-corrected chi connectivity index (χ1v) is 10.1. The summed E-state index contributed by atoms with van der Waals surface area (Å²) in [6.07, 6.45) is 7.86. The van der Waals surface area contributed by atoms with Crippen molar-refractivity contribution >= 4 is 11.8 Å². The lowest BCUT2D eigenvalue weighted by Crippen LogP contribution is -2.45. The monoisotopic (exact) mass is 441 g/mol. The average Bonchev–Trinajstić information content (AvgIpc) is 3.50. The maximum atomic E-state index is 13.0. The number of amides is 2. The van der Waals surface area contributed by atoms with E-state index in [9.17, 15) is 18.4 Å². The fraction of sp³-hybridized carbons (Fsp3) is 0.273. The molecule has 1 aliphatic rings. The van der Waals surface area contributed by atoms with E-state index in [0.29, 0.717) is 25.2 Å². The summed E-state index contributed by atoms with van der Waals surface area (Å²) >= 11 is 0. The quantitative estimate of drug-likeness (QED) is 0.609. The van der Waals surface area contributed by atoms with Crippen molar-refractivity contribution < 1.29 is 23.1 Å². The lowest BCUT2D eigenvalue weighted by molar-refractivity contribution is -0.125. The number of para-hydroxylation sites is 1. The van der Waals surface area contributed by atoms with E-state index in [2.05, 4.69) is 20.0 Å². The number of rotatable bonds is 7. The number of imidazole rings is 1. The van der Waals surface area contributed by atoms with Crippen LogP contribution in [0, 0.1) is 0 Å². The molecular weight excluding hydrogens is 420 g/mol. The molecule has 1 aromatic carbocycles. The van der Waals surface area contributed by atoms with Crippen LogP contribution in [0.3, 0.4) is 0 Å². The van der Waals surface area contributed by atoms with E-state index in [1.165, 1.54) is 23.1 Å². The second-order valence-electron chi connectivity index (χ2n) is 7.24. The summed E-state index contributed by atoms with van der Waals surface area (Å²) in [5.41, 5.74) is 0.806. The fourth-order valence-corrected chi connectivity index (χ4v) is 3.65. The van der Waals surface area contributed by atoms with Gasteiger partial charge in [-0.2, -0.15) is 8.78 Å². The van der Waals surface area contributed by atoms with E-state index in [1.807, 2.05) is 12.1 Å². The normalized spacial score (nSPS) is 15.7. The number of nitrogens with one attached hydrogen (secondary N) is 1. The molecule has 2 amide bonds. The first-order chi connectivity index (χ1) is 15.5. The van der Waals surface area contributed by atoms with Gasteiger partial charge in [-0.1, -0.05) is 18.2 Å². The molecule has 0 saturated carbocycles. The van der Waals surface area contributed by atoms with Crippen LogP contribution in [0.4, 0.5) is 8.78 Å². The zero-order chi connectivity index (χ0) is 22.5. The van der Waals surface area contributed by atoms with Crippen molar-refractivity contribution in [2.75, 3.05) is 6.54 Å². The number of ether oxygens (including phenoxy) is 1. The molecule has 0 bridgehead atoms. The highest BCUT2D eigenvalue weighted by molar-refractivity contribution is 6.00. The Hall–Kier alpha value is -3.82. The third-order valence-electron chi connectivity index (χ3n) is 5.19. The molecule has 0 radical (unpaired) electrons. The Balaban J connectivity index is 1.40. The standard InChI is InChI=1S/C22H21F2N5O3/c23-22(24)32-18-6-2-1-4-16(18)21(31)29-10-3-5-17(29)20(30)27-13-15-7-8-19(26-12-15)28-11-9-25-14-28/h1-2,4,6-9,11-12,14,17,22H,3,5,10,13H2,(H,27,30). The SMILES string of the molecule is O=C(NCc1ccc(-n2ccnc2)nc1)C1CCCN1C(=O)c1ccccc1OC(F)F. The molecular formula is C22H21F2N5O3. The highest BCUT2D eigenvalue weighted by Gasteiger charge is 2.35. The Morgan fingerprint density at radius 3 is 2.78 bits per heavy atom. The van der Waals surface area contributed by atoms with Crippen molar-refractivity contribution in [3.8, 4) is 11.6 Å². The first kappa shape index (κ1) is 21.4. The summed E-state index contributed by atoms with van der Waals surface area (Å²) in [4.78, 5) is 35.5. The number of hydrogen-bond donors (Lipinski definition) is 1. The molecule has 0 spiro atoms. The maximum Gasteiger partial charge on any atom is 0.387 e. The summed E-state index contributed by atoms with van der Waals surface area (Å²) in [5, 5.41) is 2.84. The van der Waals surface area contributed by atoms with Crippen molar-refractivity contribution in [1.29, 1.82) is 0 Å². The summed E-state index contributed by atoms with van der Waals surface area (Å²) < 4.78 is 31.6. The van der Waals surface area contributed by atoms with Crippen LogP contribution in [0.2, 0.25) is 0 Å². The van der Waals surface area contributed by atoms with Crippen LogP contribution in [-0.4, -0.2) is 50.4 Å². The first-order valence-electron chi connectivity index (χ1n) is 10.1. The van der Waals surface area contributed by atoms with Crippen molar-refractivity contribution in [2.45, 2.75) is 32.0 Å². The average molecular weight is 441 g/mol. The van der Waals surface area contributed by atoms with Crippen molar-refractivity contribution in [3.63, 3.8) is 0 Å². The second kappa shape index (κ2) is 9.54. The number of carbonyl (C=O) groups is 2. The smallest absolute Gasteiger partial charge is 0.387 e. The fourth-order valence-electron chi connectivity index (χ4n) is 3.65. The minimum absolute atomic E-state index is 0.00629. The van der Waals surface area contributed by atoms with Gasteiger partial charge in [0.2, 0.25) is 5.91 Å². The van der Waals surface area contributed by atoms with Crippen LogP contribution in [0.25, 0.3) is 5.82 Å². The van der Waals surface area contributed by atoms with Gasteiger partial charge in [0, 0.05) is 31.7 Å². The molecule has 2 aromatic heterocycles. The second-order valence-corrected chi connectivity index (χ2v) is 7.24. The summed E-state index contributed by atoms with van der Waals surface area (Å²) in [7, 11) is 0. The van der Waals surface area contributed by atoms with E-state index < -0.39 is 18.6 Å².